The summed E-state index contributed by atoms with van der Waals surface area (Å²) in [5.41, 5.74) is -1.88. The van der Waals surface area contributed by atoms with Crippen molar-refractivity contribution in [3.63, 3.8) is 0 Å². The monoisotopic (exact) mass is 277 g/mol. The van der Waals surface area contributed by atoms with Gasteiger partial charge >= 0.3 is 12.1 Å². The summed E-state index contributed by atoms with van der Waals surface area (Å²) in [6.07, 6.45) is -0.732. The molecule has 6 nitrogen and oxygen atoms in total. The van der Waals surface area contributed by atoms with Gasteiger partial charge in [-0.1, -0.05) is 0 Å². The van der Waals surface area contributed by atoms with Crippen LogP contribution in [-0.4, -0.2) is 49.1 Å². The predicted molar refractivity (Wildman–Crippen MR) is 67.2 cm³/mol. The molecule has 0 aromatic heterocycles. The van der Waals surface area contributed by atoms with E-state index in [1.165, 1.54) is 0 Å². The number of ether oxygens (including phenoxy) is 1. The quantitative estimate of drug-likeness (QED) is 0.755. The fourth-order valence-corrected chi connectivity index (χ4v) is 3.02. The SMILES string of the molecule is CC(C)(C)OC(=O)N1C(C(=O)O)C(O)SC1(C)C. The van der Waals surface area contributed by atoms with Crippen LogP contribution < -0.4 is 0 Å². The highest BCUT2D eigenvalue weighted by atomic mass is 32.2. The number of carbonyl (C=O) groups excluding carboxylic acids is 1. The second kappa shape index (κ2) is 4.62. The van der Waals surface area contributed by atoms with Gasteiger partial charge < -0.3 is 14.9 Å². The standard InChI is InChI=1S/C11H19NO5S/c1-10(2,3)17-9(16)12-6(7(13)14)8(15)18-11(12,4)5/h6,8,15H,1-5H3,(H,13,14). The average molecular weight is 277 g/mol. The first-order valence-corrected chi connectivity index (χ1v) is 6.45. The number of aliphatic hydroxyl groups excluding tert-OH is 1. The molecular weight excluding hydrogens is 258 g/mol. The van der Waals surface area contributed by atoms with Crippen molar-refractivity contribution in [3.05, 3.63) is 0 Å². The Balaban J connectivity index is 3.01. The highest BCUT2D eigenvalue weighted by molar-refractivity contribution is 8.01. The third kappa shape index (κ3) is 3.08. The van der Waals surface area contributed by atoms with Crippen molar-refractivity contribution in [2.75, 3.05) is 0 Å². The van der Waals surface area contributed by atoms with Crippen molar-refractivity contribution < 1.29 is 24.5 Å². The Hall–Kier alpha value is -0.950. The highest BCUT2D eigenvalue weighted by Gasteiger charge is 2.53. The molecule has 104 valence electrons. The van der Waals surface area contributed by atoms with Crippen LogP contribution in [0.3, 0.4) is 0 Å². The molecule has 2 atom stereocenters. The second-order valence-corrected chi connectivity index (χ2v) is 7.31. The number of amides is 1. The molecule has 0 aliphatic carbocycles. The number of nitrogens with zero attached hydrogens (tertiary/aromatic N) is 1. The Morgan fingerprint density at radius 3 is 2.22 bits per heavy atom. The molecule has 7 heteroatoms. The molecule has 0 spiro atoms. The smallest absolute Gasteiger partial charge is 0.412 e. The second-order valence-electron chi connectivity index (χ2n) is 5.59. The van der Waals surface area contributed by atoms with Crippen molar-refractivity contribution in [3.8, 4) is 0 Å². The van der Waals surface area contributed by atoms with Crippen LogP contribution >= 0.6 is 11.8 Å². The maximum atomic E-state index is 12.1. The maximum Gasteiger partial charge on any atom is 0.412 e. The lowest BCUT2D eigenvalue weighted by atomic mass is 10.2. The molecule has 0 radical (unpaired) electrons. The van der Waals surface area contributed by atoms with Gasteiger partial charge in [-0.05, 0) is 34.6 Å². The summed E-state index contributed by atoms with van der Waals surface area (Å²) in [5, 5.41) is 18.9. The van der Waals surface area contributed by atoms with Gasteiger partial charge in [0.2, 0.25) is 0 Å². The average Bonchev–Trinajstić information content (AvgIpc) is 2.31. The van der Waals surface area contributed by atoms with Gasteiger partial charge in [0.25, 0.3) is 0 Å². The summed E-state index contributed by atoms with van der Waals surface area (Å²) in [6, 6.07) is -1.29. The van der Waals surface area contributed by atoms with Crippen LogP contribution in [0, 0.1) is 0 Å². The molecule has 2 unspecified atom stereocenters. The van der Waals surface area contributed by atoms with Crippen LogP contribution in [0.2, 0.25) is 0 Å². The summed E-state index contributed by atoms with van der Waals surface area (Å²) in [7, 11) is 0. The summed E-state index contributed by atoms with van der Waals surface area (Å²) in [5.74, 6) is -1.24. The Kier molecular flexibility index (Phi) is 3.88. The zero-order chi connectivity index (χ0) is 14.3. The number of rotatable bonds is 1. The van der Waals surface area contributed by atoms with Crippen molar-refractivity contribution in [1.29, 1.82) is 0 Å². The minimum absolute atomic E-state index is 0.714. The van der Waals surface area contributed by atoms with E-state index in [1.807, 2.05) is 0 Å². The van der Waals surface area contributed by atoms with Gasteiger partial charge in [0.1, 0.15) is 11.0 Å². The largest absolute Gasteiger partial charge is 0.480 e. The number of carbonyl (C=O) groups is 2. The van der Waals surface area contributed by atoms with Gasteiger partial charge in [0.05, 0.1) is 4.87 Å². The van der Waals surface area contributed by atoms with Crippen LogP contribution in [0.25, 0.3) is 0 Å². The lowest BCUT2D eigenvalue weighted by Gasteiger charge is -2.34. The van der Waals surface area contributed by atoms with Gasteiger partial charge in [0.15, 0.2) is 6.04 Å². The van der Waals surface area contributed by atoms with Crippen molar-refractivity contribution in [2.24, 2.45) is 0 Å². The van der Waals surface area contributed by atoms with Gasteiger partial charge in [-0.2, -0.15) is 0 Å². The molecule has 1 saturated heterocycles. The van der Waals surface area contributed by atoms with E-state index in [2.05, 4.69) is 0 Å². The van der Waals surface area contributed by atoms with E-state index < -0.39 is 34.0 Å². The predicted octanol–water partition coefficient (Wildman–Crippen LogP) is 1.48. The lowest BCUT2D eigenvalue weighted by Crippen LogP contribution is -2.52. The first kappa shape index (κ1) is 15.1. The summed E-state index contributed by atoms with van der Waals surface area (Å²) < 4.78 is 5.19. The normalized spacial score (nSPS) is 27.1. The van der Waals surface area contributed by atoms with Crippen molar-refractivity contribution >= 4 is 23.8 Å². The maximum absolute atomic E-state index is 12.1. The van der Waals surface area contributed by atoms with Gasteiger partial charge in [-0.25, -0.2) is 9.59 Å². The Bertz CT molecular complexity index is 363. The zero-order valence-electron chi connectivity index (χ0n) is 11.1. The third-order valence-corrected chi connectivity index (χ3v) is 3.65. The third-order valence-electron chi connectivity index (χ3n) is 2.38. The molecule has 1 aliphatic heterocycles. The first-order chi connectivity index (χ1) is 7.96. The number of aliphatic carboxylic acids is 1. The first-order valence-electron chi connectivity index (χ1n) is 5.57. The molecule has 0 bridgehead atoms. The fourth-order valence-electron chi connectivity index (χ4n) is 1.76. The molecule has 1 rings (SSSR count). The van der Waals surface area contributed by atoms with E-state index in [0.29, 0.717) is 0 Å². The minimum atomic E-state index is -1.29. The molecular formula is C11H19NO5S. The number of hydrogen-bond acceptors (Lipinski definition) is 5. The molecule has 18 heavy (non-hydrogen) atoms. The number of thioether (sulfide) groups is 1. The molecule has 1 aliphatic rings. The van der Waals surface area contributed by atoms with Crippen molar-refractivity contribution in [2.45, 2.75) is 56.6 Å². The Morgan fingerprint density at radius 1 is 1.33 bits per heavy atom. The number of hydrogen-bond donors (Lipinski definition) is 2. The van der Waals surface area contributed by atoms with Crippen LogP contribution in [-0.2, 0) is 9.53 Å². The molecule has 0 aromatic rings. The molecule has 2 N–H and O–H groups in total. The van der Waals surface area contributed by atoms with E-state index in [4.69, 9.17) is 9.84 Å². The summed E-state index contributed by atoms with van der Waals surface area (Å²) in [4.78, 5) is 23.5. The van der Waals surface area contributed by atoms with E-state index in [-0.39, 0.29) is 0 Å². The topological polar surface area (TPSA) is 87.1 Å². The number of carboxylic acids is 1. The van der Waals surface area contributed by atoms with Crippen LogP contribution in [0.15, 0.2) is 0 Å². The van der Waals surface area contributed by atoms with Crippen LogP contribution in [0.4, 0.5) is 4.79 Å². The Labute approximate surface area is 110 Å². The molecule has 1 amide bonds. The molecule has 0 saturated carbocycles. The van der Waals surface area contributed by atoms with Gasteiger partial charge in [-0.3, -0.25) is 4.90 Å². The lowest BCUT2D eigenvalue weighted by molar-refractivity contribution is -0.145. The molecule has 0 aromatic carbocycles. The van der Waals surface area contributed by atoms with E-state index in [9.17, 15) is 14.7 Å². The zero-order valence-corrected chi connectivity index (χ0v) is 11.9. The highest BCUT2D eigenvalue weighted by Crippen LogP contribution is 2.43. The van der Waals surface area contributed by atoms with Crippen molar-refractivity contribution in [1.82, 2.24) is 4.90 Å². The number of carboxylic acid groups (broad SMARTS) is 1. The summed E-state index contributed by atoms with van der Waals surface area (Å²) >= 11 is 1.02. The van der Waals surface area contributed by atoms with Crippen LogP contribution in [0.5, 0.6) is 0 Å². The summed E-state index contributed by atoms with van der Waals surface area (Å²) in [6.45, 7) is 8.45. The fraction of sp³-hybridized carbons (Fsp3) is 0.818. The van der Waals surface area contributed by atoms with E-state index in [1.54, 1.807) is 34.6 Å². The van der Waals surface area contributed by atoms with Crippen LogP contribution in [0.1, 0.15) is 34.6 Å². The minimum Gasteiger partial charge on any atom is -0.480 e. The number of aliphatic hydroxyl groups is 1. The Morgan fingerprint density at radius 2 is 1.83 bits per heavy atom. The van der Waals surface area contributed by atoms with Gasteiger partial charge in [-0.15, -0.1) is 11.8 Å². The van der Waals surface area contributed by atoms with E-state index in [0.717, 1.165) is 16.7 Å². The molecule has 1 heterocycles. The molecule has 1 fully saturated rings. The van der Waals surface area contributed by atoms with E-state index >= 15 is 0 Å². The van der Waals surface area contributed by atoms with Gasteiger partial charge in [0, 0.05) is 0 Å².